The van der Waals surface area contributed by atoms with Crippen LogP contribution in [0.25, 0.3) is 0 Å². The summed E-state index contributed by atoms with van der Waals surface area (Å²) < 4.78 is 66.4. The third kappa shape index (κ3) is 3.45. The van der Waals surface area contributed by atoms with E-state index in [0.717, 1.165) is 10.4 Å². The molecule has 0 unspecified atom stereocenters. The topological polar surface area (TPSA) is 74.8 Å². The lowest BCUT2D eigenvalue weighted by atomic mass is 10.3. The molecule has 25 heavy (non-hydrogen) atoms. The summed E-state index contributed by atoms with van der Waals surface area (Å²) in [6, 6.07) is 13.1. The molecular weight excluding hydrogens is 367 g/mol. The quantitative estimate of drug-likeness (QED) is 0.801. The van der Waals surface area contributed by atoms with Gasteiger partial charge in [-0.2, -0.15) is 8.61 Å². The van der Waals surface area contributed by atoms with Crippen LogP contribution in [0.3, 0.4) is 0 Å². The number of hydrogen-bond acceptors (Lipinski definition) is 4. The van der Waals surface area contributed by atoms with Crippen molar-refractivity contribution >= 4 is 20.0 Å². The smallest absolute Gasteiger partial charge is 0.207 e. The zero-order valence-corrected chi connectivity index (χ0v) is 14.9. The summed E-state index contributed by atoms with van der Waals surface area (Å²) in [4.78, 5) is -0.227. The summed E-state index contributed by atoms with van der Waals surface area (Å²) in [7, 11) is -7.66. The summed E-state index contributed by atoms with van der Waals surface area (Å²) >= 11 is 0. The van der Waals surface area contributed by atoms with Crippen molar-refractivity contribution < 1.29 is 21.2 Å². The summed E-state index contributed by atoms with van der Waals surface area (Å²) in [5.74, 6) is -0.818. The first-order chi connectivity index (χ1) is 11.8. The highest BCUT2D eigenvalue weighted by Crippen LogP contribution is 2.23. The van der Waals surface area contributed by atoms with Crippen LogP contribution in [0, 0.1) is 5.82 Å². The van der Waals surface area contributed by atoms with Gasteiger partial charge in [-0.1, -0.05) is 30.3 Å². The van der Waals surface area contributed by atoms with Gasteiger partial charge >= 0.3 is 0 Å². The fraction of sp³-hybridized carbons (Fsp3) is 0.250. The lowest BCUT2D eigenvalue weighted by molar-refractivity contribution is 0.272. The molecule has 6 nitrogen and oxygen atoms in total. The van der Waals surface area contributed by atoms with Crippen LogP contribution in [0.15, 0.2) is 64.4 Å². The maximum atomic E-state index is 13.8. The SMILES string of the molecule is O=S(=O)(c1ccccc1)N1CCN(S(=O)(=O)c2ccccc2F)CC1. The molecule has 134 valence electrons. The third-order valence-corrected chi connectivity index (χ3v) is 7.88. The molecule has 0 radical (unpaired) electrons. The van der Waals surface area contributed by atoms with E-state index in [-0.39, 0.29) is 31.1 Å². The molecule has 2 aromatic carbocycles. The number of nitrogens with zero attached hydrogens (tertiary/aromatic N) is 2. The van der Waals surface area contributed by atoms with E-state index in [2.05, 4.69) is 0 Å². The number of piperazine rings is 1. The molecule has 0 amide bonds. The fourth-order valence-corrected chi connectivity index (χ4v) is 5.62. The van der Waals surface area contributed by atoms with Crippen molar-refractivity contribution in [3.05, 3.63) is 60.4 Å². The molecule has 0 atom stereocenters. The van der Waals surface area contributed by atoms with Crippen LogP contribution >= 0.6 is 0 Å². The zero-order valence-electron chi connectivity index (χ0n) is 13.2. The van der Waals surface area contributed by atoms with E-state index in [1.807, 2.05) is 0 Å². The van der Waals surface area contributed by atoms with Crippen molar-refractivity contribution in [3.63, 3.8) is 0 Å². The third-order valence-electron chi connectivity index (χ3n) is 4.03. The predicted octanol–water partition coefficient (Wildman–Crippen LogP) is 1.52. The minimum absolute atomic E-state index is 0.0188. The molecule has 0 aliphatic carbocycles. The van der Waals surface area contributed by atoms with Crippen LogP contribution < -0.4 is 0 Å². The van der Waals surface area contributed by atoms with Gasteiger partial charge in [0.15, 0.2) is 0 Å². The van der Waals surface area contributed by atoms with E-state index < -0.39 is 30.8 Å². The summed E-state index contributed by atoms with van der Waals surface area (Å²) in [6.07, 6.45) is 0. The lowest BCUT2D eigenvalue weighted by Crippen LogP contribution is -2.50. The Morgan fingerprint density at radius 3 is 1.72 bits per heavy atom. The fourth-order valence-electron chi connectivity index (χ4n) is 2.69. The van der Waals surface area contributed by atoms with Crippen LogP contribution in [-0.2, 0) is 20.0 Å². The normalized spacial score (nSPS) is 17.5. The van der Waals surface area contributed by atoms with Gasteiger partial charge in [0.25, 0.3) is 0 Å². The number of hydrogen-bond donors (Lipinski definition) is 0. The van der Waals surface area contributed by atoms with Crippen molar-refractivity contribution in [2.24, 2.45) is 0 Å². The van der Waals surface area contributed by atoms with Crippen LogP contribution in [0.4, 0.5) is 4.39 Å². The number of halogens is 1. The van der Waals surface area contributed by atoms with Gasteiger partial charge in [-0.15, -0.1) is 0 Å². The van der Waals surface area contributed by atoms with E-state index >= 15 is 0 Å². The molecule has 1 aliphatic rings. The average Bonchev–Trinajstić information content (AvgIpc) is 2.63. The standard InChI is InChI=1S/C16H17FN2O4S2/c17-15-8-4-5-9-16(15)25(22,23)19-12-10-18(11-13-19)24(20,21)14-6-2-1-3-7-14/h1-9H,10-13H2. The lowest BCUT2D eigenvalue weighted by Gasteiger charge is -2.33. The predicted molar refractivity (Wildman–Crippen MR) is 90.4 cm³/mol. The van der Waals surface area contributed by atoms with Gasteiger partial charge in [-0.3, -0.25) is 0 Å². The number of rotatable bonds is 4. The highest BCUT2D eigenvalue weighted by Gasteiger charge is 2.34. The average molecular weight is 384 g/mol. The summed E-state index contributed by atoms with van der Waals surface area (Å²) in [5, 5.41) is 0. The molecule has 1 saturated heterocycles. The first kappa shape index (κ1) is 18.0. The molecule has 0 spiro atoms. The Kier molecular flexibility index (Phi) is 4.92. The van der Waals surface area contributed by atoms with Gasteiger partial charge in [-0.05, 0) is 24.3 Å². The minimum Gasteiger partial charge on any atom is -0.207 e. The first-order valence-corrected chi connectivity index (χ1v) is 10.5. The van der Waals surface area contributed by atoms with E-state index in [9.17, 15) is 21.2 Å². The van der Waals surface area contributed by atoms with E-state index in [4.69, 9.17) is 0 Å². The second kappa shape index (κ2) is 6.83. The largest absolute Gasteiger partial charge is 0.246 e. The number of sulfonamides is 2. The second-order valence-corrected chi connectivity index (χ2v) is 9.40. The number of benzene rings is 2. The van der Waals surface area contributed by atoms with Crippen molar-refractivity contribution in [1.29, 1.82) is 0 Å². The maximum absolute atomic E-state index is 13.8. The van der Waals surface area contributed by atoms with Crippen molar-refractivity contribution in [3.8, 4) is 0 Å². The van der Waals surface area contributed by atoms with Gasteiger partial charge in [0.1, 0.15) is 10.7 Å². The summed E-state index contributed by atoms with van der Waals surface area (Å²) in [5.41, 5.74) is 0. The molecular formula is C16H17FN2O4S2. The molecule has 0 bridgehead atoms. The van der Waals surface area contributed by atoms with Crippen molar-refractivity contribution in [1.82, 2.24) is 8.61 Å². The van der Waals surface area contributed by atoms with Gasteiger partial charge in [-0.25, -0.2) is 21.2 Å². The first-order valence-electron chi connectivity index (χ1n) is 7.63. The Labute approximate surface area is 146 Å². The van der Waals surface area contributed by atoms with Gasteiger partial charge in [0.2, 0.25) is 20.0 Å². The van der Waals surface area contributed by atoms with Gasteiger partial charge in [0.05, 0.1) is 4.90 Å². The molecule has 0 N–H and O–H groups in total. The Bertz CT molecular complexity index is 955. The Balaban J connectivity index is 1.77. The molecule has 0 saturated carbocycles. The van der Waals surface area contributed by atoms with E-state index in [1.165, 1.54) is 34.6 Å². The highest BCUT2D eigenvalue weighted by molar-refractivity contribution is 7.89. The van der Waals surface area contributed by atoms with E-state index in [0.29, 0.717) is 0 Å². The van der Waals surface area contributed by atoms with Crippen LogP contribution in [0.1, 0.15) is 0 Å². The van der Waals surface area contributed by atoms with Crippen LogP contribution in [-0.4, -0.2) is 51.6 Å². The van der Waals surface area contributed by atoms with Gasteiger partial charge < -0.3 is 0 Å². The molecule has 0 aromatic heterocycles. The Morgan fingerprint density at radius 2 is 1.16 bits per heavy atom. The molecule has 3 rings (SSSR count). The van der Waals surface area contributed by atoms with Crippen LogP contribution in [0.5, 0.6) is 0 Å². The molecule has 2 aromatic rings. The highest BCUT2D eigenvalue weighted by atomic mass is 32.2. The monoisotopic (exact) mass is 384 g/mol. The minimum atomic E-state index is -3.99. The van der Waals surface area contributed by atoms with Crippen LogP contribution in [0.2, 0.25) is 0 Å². The molecule has 1 heterocycles. The molecule has 1 aliphatic heterocycles. The van der Waals surface area contributed by atoms with Gasteiger partial charge in [0, 0.05) is 26.2 Å². The van der Waals surface area contributed by atoms with Crippen molar-refractivity contribution in [2.45, 2.75) is 9.79 Å². The zero-order chi connectivity index (χ0) is 18.1. The maximum Gasteiger partial charge on any atom is 0.246 e. The molecule has 1 fully saturated rings. The summed E-state index contributed by atoms with van der Waals surface area (Å²) in [6.45, 7) is -0.0126. The Hall–Kier alpha value is -1.81. The van der Waals surface area contributed by atoms with E-state index in [1.54, 1.807) is 18.2 Å². The van der Waals surface area contributed by atoms with Crippen molar-refractivity contribution in [2.75, 3.05) is 26.2 Å². The Morgan fingerprint density at radius 1 is 0.680 bits per heavy atom. The second-order valence-electron chi connectivity index (χ2n) is 5.55. The molecule has 9 heteroatoms.